The van der Waals surface area contributed by atoms with Crippen molar-refractivity contribution < 1.29 is 9.53 Å². The molecule has 20 heavy (non-hydrogen) atoms. The van der Waals surface area contributed by atoms with Crippen LogP contribution in [0, 0.1) is 0 Å². The molecule has 0 bridgehead atoms. The molecule has 0 aliphatic rings. The minimum atomic E-state index is -1.81. The fourth-order valence-corrected chi connectivity index (χ4v) is 3.04. The molecule has 0 amide bonds. The van der Waals surface area contributed by atoms with E-state index in [1.165, 1.54) is 5.56 Å². The average Bonchev–Trinajstić information content (AvgIpc) is 2.37. The van der Waals surface area contributed by atoms with Crippen molar-refractivity contribution in [2.75, 3.05) is 6.61 Å². The quantitative estimate of drug-likeness (QED) is 0.609. The van der Waals surface area contributed by atoms with Crippen LogP contribution in [-0.4, -0.2) is 20.0 Å². The molecule has 112 valence electrons. The first-order valence-electron chi connectivity index (χ1n) is 7.26. The van der Waals surface area contributed by atoms with Gasteiger partial charge in [-0.2, -0.15) is 0 Å². The van der Waals surface area contributed by atoms with Crippen molar-refractivity contribution in [2.24, 2.45) is 0 Å². The van der Waals surface area contributed by atoms with E-state index in [0.717, 1.165) is 6.42 Å². The van der Waals surface area contributed by atoms with Crippen molar-refractivity contribution in [3.05, 3.63) is 48.0 Å². The van der Waals surface area contributed by atoms with Crippen LogP contribution in [0.4, 0.5) is 0 Å². The van der Waals surface area contributed by atoms with Gasteiger partial charge in [-0.1, -0.05) is 63.3 Å². The lowest BCUT2D eigenvalue weighted by Crippen LogP contribution is -2.41. The van der Waals surface area contributed by atoms with Crippen LogP contribution in [0.5, 0.6) is 0 Å². The highest BCUT2D eigenvalue weighted by Crippen LogP contribution is 2.40. The first-order chi connectivity index (χ1) is 9.28. The summed E-state index contributed by atoms with van der Waals surface area (Å²) in [6, 6.07) is 10.4. The Morgan fingerprint density at radius 1 is 1.15 bits per heavy atom. The van der Waals surface area contributed by atoms with Crippen LogP contribution >= 0.6 is 0 Å². The molecule has 1 unspecified atom stereocenters. The Labute approximate surface area is 124 Å². The monoisotopic (exact) mass is 292 g/mol. The Bertz CT molecular complexity index is 418. The van der Waals surface area contributed by atoms with Crippen LogP contribution in [0.25, 0.3) is 0 Å². The molecule has 0 spiro atoms. The van der Waals surface area contributed by atoms with E-state index in [4.69, 9.17) is 9.53 Å². The van der Waals surface area contributed by atoms with E-state index < -0.39 is 8.32 Å². The molecule has 0 saturated carbocycles. The molecule has 1 N–H and O–H groups in total. The predicted molar refractivity (Wildman–Crippen MR) is 88.3 cm³/mol. The molecular weight excluding hydrogens is 264 g/mol. The van der Waals surface area contributed by atoms with Gasteiger partial charge in [-0.3, -0.25) is 0 Å². The summed E-state index contributed by atoms with van der Waals surface area (Å²) in [7, 11) is -1.81. The zero-order valence-corrected chi connectivity index (χ0v) is 14.4. The Balaban J connectivity index is 2.92. The van der Waals surface area contributed by atoms with Gasteiger partial charge in [0.1, 0.15) is 0 Å². The van der Waals surface area contributed by atoms with Gasteiger partial charge in [-0.15, -0.1) is 0 Å². The summed E-state index contributed by atoms with van der Waals surface area (Å²) >= 11 is 0. The number of aliphatic hydroxyl groups excluding tert-OH is 1. The van der Waals surface area contributed by atoms with Crippen molar-refractivity contribution in [1.29, 1.82) is 0 Å². The largest absolute Gasteiger partial charge is 0.410 e. The maximum absolute atomic E-state index is 8.89. The minimum Gasteiger partial charge on any atom is -0.410 e. The van der Waals surface area contributed by atoms with Gasteiger partial charge in [-0.25, -0.2) is 0 Å². The SMILES string of the molecule is CC(C)(C)[Si](C)(C)OC(C/C=C/CO)c1ccccc1. The Morgan fingerprint density at radius 3 is 2.25 bits per heavy atom. The van der Waals surface area contributed by atoms with Crippen molar-refractivity contribution in [1.82, 2.24) is 0 Å². The number of rotatable bonds is 6. The van der Waals surface area contributed by atoms with Crippen LogP contribution < -0.4 is 0 Å². The second-order valence-electron chi connectivity index (χ2n) is 6.67. The number of benzene rings is 1. The van der Waals surface area contributed by atoms with Crippen molar-refractivity contribution in [3.63, 3.8) is 0 Å². The fraction of sp³-hybridized carbons (Fsp3) is 0.529. The maximum Gasteiger partial charge on any atom is 0.192 e. The minimum absolute atomic E-state index is 0.0693. The summed E-state index contributed by atoms with van der Waals surface area (Å²) in [5.41, 5.74) is 1.21. The molecule has 0 aliphatic carbocycles. The van der Waals surface area contributed by atoms with Gasteiger partial charge < -0.3 is 9.53 Å². The second kappa shape index (κ2) is 7.20. The summed E-state index contributed by atoms with van der Waals surface area (Å²) < 4.78 is 6.54. The molecule has 0 aliphatic heterocycles. The number of hydrogen-bond acceptors (Lipinski definition) is 2. The van der Waals surface area contributed by atoms with Crippen molar-refractivity contribution >= 4 is 8.32 Å². The maximum atomic E-state index is 8.89. The van der Waals surface area contributed by atoms with E-state index in [-0.39, 0.29) is 17.7 Å². The molecule has 0 fully saturated rings. The highest BCUT2D eigenvalue weighted by Gasteiger charge is 2.39. The third-order valence-electron chi connectivity index (χ3n) is 4.04. The third-order valence-corrected chi connectivity index (χ3v) is 8.52. The molecule has 2 nitrogen and oxygen atoms in total. The molecule has 3 heteroatoms. The van der Waals surface area contributed by atoms with Gasteiger partial charge in [0.25, 0.3) is 0 Å². The van der Waals surface area contributed by atoms with E-state index in [2.05, 4.69) is 46.0 Å². The Morgan fingerprint density at radius 2 is 1.75 bits per heavy atom. The average molecular weight is 292 g/mol. The lowest BCUT2D eigenvalue weighted by atomic mass is 10.1. The zero-order valence-electron chi connectivity index (χ0n) is 13.4. The first kappa shape index (κ1) is 17.1. The van der Waals surface area contributed by atoms with Gasteiger partial charge >= 0.3 is 0 Å². The zero-order chi connectivity index (χ0) is 15.2. The molecule has 0 heterocycles. The van der Waals surface area contributed by atoms with Crippen LogP contribution in [0.15, 0.2) is 42.5 Å². The van der Waals surface area contributed by atoms with Crippen LogP contribution in [-0.2, 0) is 4.43 Å². The summed E-state index contributed by atoms with van der Waals surface area (Å²) in [5.74, 6) is 0. The number of aliphatic hydroxyl groups is 1. The molecule has 0 aromatic heterocycles. The predicted octanol–water partition coefficient (Wildman–Crippen LogP) is 4.69. The summed E-state index contributed by atoms with van der Waals surface area (Å²) in [6.45, 7) is 11.4. The topological polar surface area (TPSA) is 29.5 Å². The third kappa shape index (κ3) is 4.89. The molecule has 0 saturated heterocycles. The van der Waals surface area contributed by atoms with Crippen LogP contribution in [0.3, 0.4) is 0 Å². The van der Waals surface area contributed by atoms with Gasteiger partial charge in [0.15, 0.2) is 8.32 Å². The molecule has 1 aromatic carbocycles. The molecule has 0 radical (unpaired) electrons. The molecule has 1 aromatic rings. The molecule has 1 atom stereocenters. The van der Waals surface area contributed by atoms with E-state index in [1.54, 1.807) is 6.08 Å². The smallest absolute Gasteiger partial charge is 0.192 e. The lowest BCUT2D eigenvalue weighted by molar-refractivity contribution is 0.186. The summed E-state index contributed by atoms with van der Waals surface area (Å²) in [4.78, 5) is 0. The van der Waals surface area contributed by atoms with Gasteiger partial charge in [0.05, 0.1) is 12.7 Å². The van der Waals surface area contributed by atoms with Gasteiger partial charge in [-0.05, 0) is 30.1 Å². The van der Waals surface area contributed by atoms with Crippen LogP contribution in [0.2, 0.25) is 18.1 Å². The fourth-order valence-electron chi connectivity index (χ4n) is 1.75. The summed E-state index contributed by atoms with van der Waals surface area (Å²) in [6.07, 6.45) is 4.66. The standard InChI is InChI=1S/C17H28O2Si/c1-17(2,3)20(4,5)19-16(13-9-10-14-18)15-11-7-6-8-12-15/h6-12,16,18H,13-14H2,1-5H3/b10-9+. The highest BCUT2D eigenvalue weighted by molar-refractivity contribution is 6.74. The second-order valence-corrected chi connectivity index (χ2v) is 11.4. The van der Waals surface area contributed by atoms with E-state index in [1.807, 2.05) is 24.3 Å². The first-order valence-corrected chi connectivity index (χ1v) is 10.2. The van der Waals surface area contributed by atoms with Gasteiger partial charge in [0, 0.05) is 0 Å². The normalized spacial score (nSPS) is 14.7. The highest BCUT2D eigenvalue weighted by atomic mass is 28.4. The Kier molecular flexibility index (Phi) is 6.18. The van der Waals surface area contributed by atoms with E-state index in [0.29, 0.717) is 0 Å². The summed E-state index contributed by atoms with van der Waals surface area (Å²) in [5, 5.41) is 9.09. The lowest BCUT2D eigenvalue weighted by Gasteiger charge is -2.39. The molecule has 1 rings (SSSR count). The number of hydrogen-bond donors (Lipinski definition) is 1. The molecular formula is C17H28O2Si. The van der Waals surface area contributed by atoms with E-state index in [9.17, 15) is 0 Å². The van der Waals surface area contributed by atoms with Gasteiger partial charge in [0.2, 0.25) is 0 Å². The van der Waals surface area contributed by atoms with Crippen molar-refractivity contribution in [3.8, 4) is 0 Å². The van der Waals surface area contributed by atoms with E-state index >= 15 is 0 Å². The Hall–Kier alpha value is -0.903. The van der Waals surface area contributed by atoms with Crippen LogP contribution in [0.1, 0.15) is 38.9 Å². The van der Waals surface area contributed by atoms with Crippen molar-refractivity contribution in [2.45, 2.75) is 51.4 Å².